The van der Waals surface area contributed by atoms with E-state index in [1.165, 1.54) is 63.7 Å². The summed E-state index contributed by atoms with van der Waals surface area (Å²) in [6, 6.07) is 6.20. The van der Waals surface area contributed by atoms with E-state index >= 15 is 0 Å². The number of hydrogen-bond donors (Lipinski definition) is 1. The fraction of sp³-hybridized carbons (Fsp3) is 0.667. The van der Waals surface area contributed by atoms with Gasteiger partial charge in [-0.05, 0) is 69.0 Å². The van der Waals surface area contributed by atoms with E-state index in [-0.39, 0.29) is 11.7 Å². The lowest BCUT2D eigenvalue weighted by Crippen LogP contribution is -2.47. The van der Waals surface area contributed by atoms with Crippen LogP contribution in [-0.4, -0.2) is 43.1 Å². The van der Waals surface area contributed by atoms with Crippen molar-refractivity contribution in [2.24, 2.45) is 5.92 Å². The first-order valence-electron chi connectivity index (χ1n) is 10.1. The summed E-state index contributed by atoms with van der Waals surface area (Å²) in [6.45, 7) is 3.86. The summed E-state index contributed by atoms with van der Waals surface area (Å²) in [4.78, 5) is 14.9. The average molecular weight is 362 g/mol. The van der Waals surface area contributed by atoms with E-state index in [9.17, 15) is 9.18 Å². The average Bonchev–Trinajstić information content (AvgIpc) is 2.66. The number of ether oxygens (including phenoxy) is 1. The van der Waals surface area contributed by atoms with Crippen LogP contribution in [-0.2, 0) is 4.79 Å². The number of hydrogen-bond acceptors (Lipinski definition) is 3. The molecule has 0 aromatic heterocycles. The fourth-order valence-corrected chi connectivity index (χ4v) is 4.16. The van der Waals surface area contributed by atoms with Crippen molar-refractivity contribution >= 4 is 5.91 Å². The van der Waals surface area contributed by atoms with Crippen molar-refractivity contribution in [3.63, 3.8) is 0 Å². The molecule has 1 aromatic rings. The maximum atomic E-state index is 12.9. The molecule has 0 spiro atoms. The number of nitrogens with one attached hydrogen (secondary N) is 1. The summed E-state index contributed by atoms with van der Waals surface area (Å²) in [5.41, 5.74) is 0. The molecule has 1 aliphatic heterocycles. The molecule has 144 valence electrons. The smallest absolute Gasteiger partial charge is 0.223 e. The van der Waals surface area contributed by atoms with Gasteiger partial charge < -0.3 is 15.0 Å². The number of piperidine rings is 1. The molecule has 1 saturated carbocycles. The lowest BCUT2D eigenvalue weighted by molar-refractivity contribution is -0.123. The van der Waals surface area contributed by atoms with Crippen LogP contribution < -0.4 is 10.1 Å². The van der Waals surface area contributed by atoms with E-state index in [0.717, 1.165) is 13.0 Å². The second kappa shape index (κ2) is 9.91. The van der Waals surface area contributed by atoms with Crippen molar-refractivity contribution in [2.75, 3.05) is 26.2 Å². The van der Waals surface area contributed by atoms with Crippen LogP contribution in [0.5, 0.6) is 5.75 Å². The molecular formula is C21H31FN2O2. The van der Waals surface area contributed by atoms with E-state index in [2.05, 4.69) is 10.2 Å². The summed E-state index contributed by atoms with van der Waals surface area (Å²) < 4.78 is 18.4. The molecule has 1 saturated heterocycles. The van der Waals surface area contributed by atoms with Crippen LogP contribution in [0, 0.1) is 11.7 Å². The van der Waals surface area contributed by atoms with Crippen molar-refractivity contribution in [1.29, 1.82) is 0 Å². The van der Waals surface area contributed by atoms with E-state index in [4.69, 9.17) is 4.74 Å². The molecule has 1 heterocycles. The van der Waals surface area contributed by atoms with Gasteiger partial charge in [0.15, 0.2) is 0 Å². The van der Waals surface area contributed by atoms with Crippen LogP contribution >= 0.6 is 0 Å². The number of carbonyl (C=O) groups is 1. The lowest BCUT2D eigenvalue weighted by Gasteiger charge is -2.37. The quantitative estimate of drug-likeness (QED) is 0.803. The highest BCUT2D eigenvalue weighted by Crippen LogP contribution is 2.26. The summed E-state index contributed by atoms with van der Waals surface area (Å²) in [5.74, 6) is 0.943. The molecule has 1 amide bonds. The Balaban J connectivity index is 1.41. The van der Waals surface area contributed by atoms with E-state index < -0.39 is 0 Å². The van der Waals surface area contributed by atoms with Crippen molar-refractivity contribution in [1.82, 2.24) is 10.2 Å². The highest BCUT2D eigenvalue weighted by Gasteiger charge is 2.28. The number of carbonyl (C=O) groups excluding carboxylic acids is 1. The second-order valence-corrected chi connectivity index (χ2v) is 7.63. The third kappa shape index (κ3) is 5.97. The Labute approximate surface area is 156 Å². The van der Waals surface area contributed by atoms with Gasteiger partial charge in [0, 0.05) is 12.6 Å². The van der Waals surface area contributed by atoms with E-state index in [0.29, 0.717) is 30.7 Å². The summed E-state index contributed by atoms with van der Waals surface area (Å²) in [5, 5.41) is 3.25. The molecule has 2 aliphatic rings. The Morgan fingerprint density at radius 1 is 1.08 bits per heavy atom. The Kier molecular flexibility index (Phi) is 7.30. The molecule has 1 aliphatic carbocycles. The molecule has 1 N–H and O–H groups in total. The van der Waals surface area contributed by atoms with Gasteiger partial charge in [0.2, 0.25) is 5.91 Å². The van der Waals surface area contributed by atoms with E-state index in [1.54, 1.807) is 12.1 Å². The maximum Gasteiger partial charge on any atom is 0.223 e. The number of amides is 1. The molecule has 1 aromatic carbocycles. The van der Waals surface area contributed by atoms with Crippen LogP contribution in [0.2, 0.25) is 0 Å². The normalized spacial score (nSPS) is 24.2. The molecule has 3 rings (SSSR count). The monoisotopic (exact) mass is 362 g/mol. The van der Waals surface area contributed by atoms with Gasteiger partial charge in [0.1, 0.15) is 11.6 Å². The summed E-state index contributed by atoms with van der Waals surface area (Å²) in [7, 11) is 0. The second-order valence-electron chi connectivity index (χ2n) is 7.63. The number of nitrogens with zero attached hydrogens (tertiary/aromatic N) is 1. The zero-order valence-corrected chi connectivity index (χ0v) is 15.6. The zero-order chi connectivity index (χ0) is 18.2. The van der Waals surface area contributed by atoms with E-state index in [1.807, 2.05) is 0 Å². The van der Waals surface area contributed by atoms with Gasteiger partial charge in [-0.1, -0.05) is 19.3 Å². The largest absolute Gasteiger partial charge is 0.493 e. The van der Waals surface area contributed by atoms with Crippen LogP contribution in [0.25, 0.3) is 0 Å². The van der Waals surface area contributed by atoms with Crippen LogP contribution in [0.15, 0.2) is 24.3 Å². The Morgan fingerprint density at radius 3 is 2.58 bits per heavy atom. The first-order chi connectivity index (χ1) is 12.7. The first kappa shape index (κ1) is 19.2. The standard InChI is InChI=1S/C21H31FN2O2/c22-18-8-10-19(11-9-18)26-15-12-21(25)23-20-7-3-2-6-17(20)16-24-13-4-1-5-14-24/h8-11,17,20H,1-7,12-16H2,(H,23,25). The zero-order valence-electron chi connectivity index (χ0n) is 15.6. The van der Waals surface area contributed by atoms with Crippen molar-refractivity contribution in [2.45, 2.75) is 57.4 Å². The lowest BCUT2D eigenvalue weighted by atomic mass is 9.83. The van der Waals surface area contributed by atoms with Crippen molar-refractivity contribution in [3.05, 3.63) is 30.1 Å². The minimum absolute atomic E-state index is 0.0580. The third-order valence-corrected chi connectivity index (χ3v) is 5.61. The number of benzene rings is 1. The van der Waals surface area contributed by atoms with Gasteiger partial charge in [-0.3, -0.25) is 4.79 Å². The number of likely N-dealkylation sites (tertiary alicyclic amines) is 1. The number of halogens is 1. The van der Waals surface area contributed by atoms with Gasteiger partial charge in [0.05, 0.1) is 13.0 Å². The van der Waals surface area contributed by atoms with Crippen LogP contribution in [0.4, 0.5) is 4.39 Å². The molecule has 2 fully saturated rings. The SMILES string of the molecule is O=C(CCOc1ccc(F)cc1)NC1CCCCC1CN1CCCCC1. The maximum absolute atomic E-state index is 12.9. The highest BCUT2D eigenvalue weighted by atomic mass is 19.1. The fourth-order valence-electron chi connectivity index (χ4n) is 4.16. The van der Waals surface area contributed by atoms with Crippen LogP contribution in [0.1, 0.15) is 51.4 Å². The molecule has 0 radical (unpaired) electrons. The molecule has 26 heavy (non-hydrogen) atoms. The van der Waals surface area contributed by atoms with Gasteiger partial charge in [-0.15, -0.1) is 0 Å². The minimum Gasteiger partial charge on any atom is -0.493 e. The molecule has 4 nitrogen and oxygen atoms in total. The minimum atomic E-state index is -0.285. The van der Waals surface area contributed by atoms with Crippen LogP contribution in [0.3, 0.4) is 0 Å². The molecular weight excluding hydrogens is 331 g/mol. The van der Waals surface area contributed by atoms with Gasteiger partial charge in [-0.25, -0.2) is 4.39 Å². The molecule has 2 unspecified atom stereocenters. The predicted octanol–water partition coefficient (Wildman–Crippen LogP) is 3.76. The third-order valence-electron chi connectivity index (χ3n) is 5.61. The van der Waals surface area contributed by atoms with Crippen molar-refractivity contribution in [3.8, 4) is 5.75 Å². The Bertz CT molecular complexity index is 558. The molecule has 2 atom stereocenters. The molecule has 5 heteroatoms. The van der Waals surface area contributed by atoms with Crippen molar-refractivity contribution < 1.29 is 13.9 Å². The Morgan fingerprint density at radius 2 is 1.81 bits per heavy atom. The number of rotatable bonds is 7. The summed E-state index contributed by atoms with van der Waals surface area (Å²) >= 11 is 0. The first-order valence-corrected chi connectivity index (χ1v) is 10.1. The summed E-state index contributed by atoms with van der Waals surface area (Å²) in [6.07, 6.45) is 9.09. The van der Waals surface area contributed by atoms with Gasteiger partial charge >= 0.3 is 0 Å². The predicted molar refractivity (Wildman–Crippen MR) is 101 cm³/mol. The topological polar surface area (TPSA) is 41.6 Å². The highest BCUT2D eigenvalue weighted by molar-refractivity contribution is 5.76. The molecule has 0 bridgehead atoms. The van der Waals surface area contributed by atoms with Gasteiger partial charge in [0.25, 0.3) is 0 Å². The Hall–Kier alpha value is -1.62. The van der Waals surface area contributed by atoms with Gasteiger partial charge in [-0.2, -0.15) is 0 Å².